The van der Waals surface area contributed by atoms with Crippen LogP contribution in [0.15, 0.2) is 29.2 Å². The van der Waals surface area contributed by atoms with E-state index >= 15 is 0 Å². The lowest BCUT2D eigenvalue weighted by Crippen LogP contribution is -2.03. The molecule has 0 aliphatic rings. The van der Waals surface area contributed by atoms with Crippen molar-refractivity contribution in [2.75, 3.05) is 0 Å². The Labute approximate surface area is 132 Å². The van der Waals surface area contributed by atoms with E-state index in [9.17, 15) is 8.42 Å². The molecular formula is C13H14Cl2N2O3S. The van der Waals surface area contributed by atoms with Crippen LogP contribution in [0.25, 0.3) is 0 Å². The second-order valence-electron chi connectivity index (χ2n) is 4.42. The van der Waals surface area contributed by atoms with Crippen molar-refractivity contribution in [3.63, 3.8) is 0 Å². The highest BCUT2D eigenvalue weighted by atomic mass is 35.7. The maximum Gasteiger partial charge on any atom is 0.261 e. The van der Waals surface area contributed by atoms with E-state index in [0.29, 0.717) is 5.75 Å². The van der Waals surface area contributed by atoms with Crippen LogP contribution in [0.2, 0.25) is 5.02 Å². The predicted molar refractivity (Wildman–Crippen MR) is 81.4 cm³/mol. The van der Waals surface area contributed by atoms with Crippen LogP contribution in [0, 0.1) is 0 Å². The fourth-order valence-electron chi connectivity index (χ4n) is 1.78. The summed E-state index contributed by atoms with van der Waals surface area (Å²) in [6.07, 6.45) is 0.844. The zero-order valence-corrected chi connectivity index (χ0v) is 13.8. The number of rotatable bonds is 5. The molecule has 1 aromatic heterocycles. The van der Waals surface area contributed by atoms with Crippen molar-refractivity contribution < 1.29 is 13.2 Å². The van der Waals surface area contributed by atoms with Gasteiger partial charge in [0.05, 0.1) is 21.3 Å². The normalized spacial score (nSPS) is 11.6. The van der Waals surface area contributed by atoms with Gasteiger partial charge in [0.1, 0.15) is 12.4 Å². The van der Waals surface area contributed by atoms with Gasteiger partial charge in [0.15, 0.2) is 0 Å². The maximum atomic E-state index is 11.2. The molecule has 0 aliphatic heterocycles. The molecule has 0 bridgehead atoms. The predicted octanol–water partition coefficient (Wildman–Crippen LogP) is 3.14. The van der Waals surface area contributed by atoms with Gasteiger partial charge in [-0.2, -0.15) is 5.10 Å². The van der Waals surface area contributed by atoms with Gasteiger partial charge in [-0.15, -0.1) is 0 Å². The Bertz CT molecular complexity index is 757. The van der Waals surface area contributed by atoms with Crippen LogP contribution in [-0.2, 0) is 29.1 Å². The van der Waals surface area contributed by atoms with Gasteiger partial charge >= 0.3 is 0 Å². The third-order valence-corrected chi connectivity index (χ3v) is 4.60. The third kappa shape index (κ3) is 3.90. The van der Waals surface area contributed by atoms with Crippen molar-refractivity contribution in [3.05, 3.63) is 40.7 Å². The molecular weight excluding hydrogens is 335 g/mol. The monoisotopic (exact) mass is 348 g/mol. The number of ether oxygens (including phenoxy) is 1. The molecule has 0 unspecified atom stereocenters. The van der Waals surface area contributed by atoms with Crippen LogP contribution in [-0.4, -0.2) is 18.2 Å². The first-order valence-corrected chi connectivity index (χ1v) is 8.88. The van der Waals surface area contributed by atoms with E-state index in [-0.39, 0.29) is 16.5 Å². The molecule has 0 radical (unpaired) electrons. The molecule has 0 saturated heterocycles. The quantitative estimate of drug-likeness (QED) is 0.778. The van der Waals surface area contributed by atoms with Crippen molar-refractivity contribution in [3.8, 4) is 5.75 Å². The number of hydrogen-bond acceptors (Lipinski definition) is 4. The van der Waals surface area contributed by atoms with E-state index in [1.165, 1.54) is 18.2 Å². The third-order valence-electron chi connectivity index (χ3n) is 2.95. The molecule has 1 heterocycles. The van der Waals surface area contributed by atoms with Crippen molar-refractivity contribution in [1.29, 1.82) is 0 Å². The zero-order valence-electron chi connectivity index (χ0n) is 11.5. The number of aryl methyl sites for hydroxylation is 2. The molecule has 0 fully saturated rings. The van der Waals surface area contributed by atoms with Gasteiger partial charge in [-0.3, -0.25) is 4.68 Å². The zero-order chi connectivity index (χ0) is 15.6. The SMILES string of the molecule is CCc1cc(COc2ccc(S(=O)(=O)Cl)cc2Cl)n(C)n1. The van der Waals surface area contributed by atoms with Crippen molar-refractivity contribution >= 4 is 31.3 Å². The molecule has 2 rings (SSSR count). The lowest BCUT2D eigenvalue weighted by atomic mass is 10.3. The van der Waals surface area contributed by atoms with Crippen LogP contribution in [0.1, 0.15) is 18.3 Å². The van der Waals surface area contributed by atoms with Gasteiger partial charge in [0, 0.05) is 17.7 Å². The summed E-state index contributed by atoms with van der Waals surface area (Å²) >= 11 is 6.00. The topological polar surface area (TPSA) is 61.2 Å². The van der Waals surface area contributed by atoms with Gasteiger partial charge in [-0.05, 0) is 30.7 Å². The Balaban J connectivity index is 2.15. The van der Waals surface area contributed by atoms with E-state index in [2.05, 4.69) is 5.10 Å². The van der Waals surface area contributed by atoms with E-state index < -0.39 is 9.05 Å². The molecule has 0 aliphatic carbocycles. The Morgan fingerprint density at radius 3 is 2.57 bits per heavy atom. The summed E-state index contributed by atoms with van der Waals surface area (Å²) in [5.41, 5.74) is 1.88. The average Bonchev–Trinajstić information content (AvgIpc) is 2.77. The number of hydrogen-bond donors (Lipinski definition) is 0. The number of nitrogens with zero attached hydrogens (tertiary/aromatic N) is 2. The van der Waals surface area contributed by atoms with Crippen molar-refractivity contribution in [1.82, 2.24) is 9.78 Å². The fourth-order valence-corrected chi connectivity index (χ4v) is 2.86. The molecule has 2 aromatic rings. The largest absolute Gasteiger partial charge is 0.486 e. The summed E-state index contributed by atoms with van der Waals surface area (Å²) < 4.78 is 29.8. The highest BCUT2D eigenvalue weighted by Crippen LogP contribution is 2.29. The standard InChI is InChI=1S/C13H14Cl2N2O3S/c1-3-9-6-10(17(2)16-9)8-20-13-5-4-11(7-12(13)14)21(15,18)19/h4-7H,3,8H2,1-2H3. The summed E-state index contributed by atoms with van der Waals surface area (Å²) in [7, 11) is 3.29. The molecule has 114 valence electrons. The first-order chi connectivity index (χ1) is 9.81. The Morgan fingerprint density at radius 2 is 2.05 bits per heavy atom. The first-order valence-electron chi connectivity index (χ1n) is 6.20. The van der Waals surface area contributed by atoms with Gasteiger partial charge in [-0.25, -0.2) is 8.42 Å². The van der Waals surface area contributed by atoms with Crippen LogP contribution in [0.4, 0.5) is 0 Å². The smallest absolute Gasteiger partial charge is 0.261 e. The minimum atomic E-state index is -3.80. The fraction of sp³-hybridized carbons (Fsp3) is 0.308. The average molecular weight is 349 g/mol. The summed E-state index contributed by atoms with van der Waals surface area (Å²) in [5.74, 6) is 0.389. The second kappa shape index (κ2) is 6.25. The Kier molecular flexibility index (Phi) is 4.81. The molecule has 5 nitrogen and oxygen atoms in total. The van der Waals surface area contributed by atoms with E-state index in [4.69, 9.17) is 27.0 Å². The number of benzene rings is 1. The summed E-state index contributed by atoms with van der Waals surface area (Å²) in [6, 6.07) is 6.05. The lowest BCUT2D eigenvalue weighted by molar-refractivity contribution is 0.295. The molecule has 21 heavy (non-hydrogen) atoms. The van der Waals surface area contributed by atoms with E-state index in [1.54, 1.807) is 4.68 Å². The summed E-state index contributed by atoms with van der Waals surface area (Å²) in [4.78, 5) is -0.0599. The molecule has 0 spiro atoms. The minimum absolute atomic E-state index is 0.0599. The van der Waals surface area contributed by atoms with Crippen LogP contribution < -0.4 is 4.74 Å². The Morgan fingerprint density at radius 1 is 1.33 bits per heavy atom. The van der Waals surface area contributed by atoms with Gasteiger partial charge in [0.2, 0.25) is 0 Å². The van der Waals surface area contributed by atoms with Gasteiger partial charge in [0.25, 0.3) is 9.05 Å². The Hall–Kier alpha value is -1.24. The molecule has 0 atom stereocenters. The number of halogens is 2. The molecule has 0 N–H and O–H groups in total. The minimum Gasteiger partial charge on any atom is -0.486 e. The molecule has 0 amide bonds. The van der Waals surface area contributed by atoms with Crippen LogP contribution in [0.5, 0.6) is 5.75 Å². The van der Waals surface area contributed by atoms with Crippen LogP contribution >= 0.6 is 22.3 Å². The van der Waals surface area contributed by atoms with E-state index in [1.807, 2.05) is 20.0 Å². The van der Waals surface area contributed by atoms with Crippen molar-refractivity contribution in [2.24, 2.45) is 7.05 Å². The highest BCUT2D eigenvalue weighted by Gasteiger charge is 2.13. The second-order valence-corrected chi connectivity index (χ2v) is 7.40. The van der Waals surface area contributed by atoms with Crippen LogP contribution in [0.3, 0.4) is 0 Å². The molecule has 8 heteroatoms. The lowest BCUT2D eigenvalue weighted by Gasteiger charge is -2.08. The first kappa shape index (κ1) is 16.1. The molecule has 1 aromatic carbocycles. The maximum absolute atomic E-state index is 11.2. The van der Waals surface area contributed by atoms with E-state index in [0.717, 1.165) is 17.8 Å². The van der Waals surface area contributed by atoms with Crippen molar-refractivity contribution in [2.45, 2.75) is 24.8 Å². The van der Waals surface area contributed by atoms with Gasteiger partial charge < -0.3 is 4.74 Å². The highest BCUT2D eigenvalue weighted by molar-refractivity contribution is 8.13. The summed E-state index contributed by atoms with van der Waals surface area (Å²) in [6.45, 7) is 2.31. The van der Waals surface area contributed by atoms with Gasteiger partial charge in [-0.1, -0.05) is 18.5 Å². The molecule has 0 saturated carbocycles. The number of aromatic nitrogens is 2. The summed E-state index contributed by atoms with van der Waals surface area (Å²) in [5, 5.41) is 4.51.